The number of ketones is 1. The van der Waals surface area contributed by atoms with Crippen LogP contribution in [0.1, 0.15) is 55.0 Å². The second-order valence-corrected chi connectivity index (χ2v) is 8.69. The van der Waals surface area contributed by atoms with Gasteiger partial charge in [-0.15, -0.1) is 0 Å². The highest BCUT2D eigenvalue weighted by molar-refractivity contribution is 7.64. The number of aryl methyl sites for hydroxylation is 3. The number of carbonyl (C=O) groups excluding carboxylic acids is 2. The minimum absolute atomic E-state index is 0.172. The van der Waals surface area contributed by atoms with Gasteiger partial charge in [-0.25, -0.2) is 4.79 Å². The lowest BCUT2D eigenvalue weighted by atomic mass is 9.95. The van der Waals surface area contributed by atoms with Gasteiger partial charge in [0.15, 0.2) is 11.9 Å². The Hall–Kier alpha value is -2.54. The molecule has 0 fully saturated rings. The largest absolute Gasteiger partial charge is 0.420 e. The van der Waals surface area contributed by atoms with E-state index >= 15 is 0 Å². The quantitative estimate of drug-likeness (QED) is 0.266. The van der Waals surface area contributed by atoms with Crippen molar-refractivity contribution in [3.05, 3.63) is 69.3 Å². The Balaban J connectivity index is 2.33. The molecule has 3 nitrogen and oxygen atoms in total. The summed E-state index contributed by atoms with van der Waals surface area (Å²) in [5.74, 6) is -1.48. The lowest BCUT2D eigenvalue weighted by Gasteiger charge is -2.17. The van der Waals surface area contributed by atoms with Crippen molar-refractivity contribution < 1.29 is 40.5 Å². The van der Waals surface area contributed by atoms with E-state index in [9.17, 15) is 40.5 Å². The second kappa shape index (κ2) is 8.91. The molecule has 31 heavy (non-hydrogen) atoms. The van der Waals surface area contributed by atoms with E-state index in [4.69, 9.17) is 0 Å². The Morgan fingerprint density at radius 3 is 1.71 bits per heavy atom. The third-order valence-electron chi connectivity index (χ3n) is 4.61. The number of hydrogen-bond donors (Lipinski definition) is 0. The molecule has 0 heterocycles. The molecule has 2 aromatic rings. The fraction of sp³-hybridized carbons (Fsp3) is 0.333. The molecular formula is C21H18F6O3P+. The number of carbonyl (C=O) groups is 2. The summed E-state index contributed by atoms with van der Waals surface area (Å²) in [6.07, 6.45) is -12.0. The Bertz CT molecular complexity index is 999. The van der Waals surface area contributed by atoms with Crippen LogP contribution in [0, 0.1) is 20.8 Å². The molecule has 0 N–H and O–H groups in total. The number of rotatable bonds is 6. The lowest BCUT2D eigenvalue weighted by Crippen LogP contribution is -2.20. The number of Topliss-reactive ketones (excluding diaryl/α,β-unsaturated/α-hetero) is 1. The summed E-state index contributed by atoms with van der Waals surface area (Å²) >= 11 is 0. The van der Waals surface area contributed by atoms with Gasteiger partial charge in [-0.05, 0) is 44.0 Å². The zero-order valence-electron chi connectivity index (χ0n) is 16.7. The molecule has 10 heteroatoms. The monoisotopic (exact) mass is 463 g/mol. The summed E-state index contributed by atoms with van der Waals surface area (Å²) in [6, 6.07) is 4.70. The number of benzene rings is 2. The molecule has 0 radical (unpaired) electrons. The first-order chi connectivity index (χ1) is 14.1. The van der Waals surface area contributed by atoms with Gasteiger partial charge in [0.1, 0.15) is 0 Å². The molecule has 0 saturated heterocycles. The lowest BCUT2D eigenvalue weighted by molar-refractivity contribution is -0.143. The molecular weight excluding hydrogens is 445 g/mol. The molecule has 2 aromatic carbocycles. The van der Waals surface area contributed by atoms with E-state index in [-0.39, 0.29) is 5.56 Å². The molecule has 0 aliphatic heterocycles. The van der Waals surface area contributed by atoms with Crippen LogP contribution in [0.15, 0.2) is 30.3 Å². The van der Waals surface area contributed by atoms with Gasteiger partial charge in [-0.3, -0.25) is 4.79 Å². The van der Waals surface area contributed by atoms with Crippen molar-refractivity contribution in [3.8, 4) is 0 Å². The van der Waals surface area contributed by atoms with Gasteiger partial charge in [0.05, 0.1) is 23.1 Å². The first kappa shape index (κ1) is 24.7. The average molecular weight is 463 g/mol. The van der Waals surface area contributed by atoms with E-state index in [1.54, 1.807) is 32.9 Å². The fourth-order valence-corrected chi connectivity index (χ4v) is 4.61. The molecule has 0 saturated carbocycles. The van der Waals surface area contributed by atoms with E-state index in [1.165, 1.54) is 0 Å². The molecule has 0 aliphatic carbocycles. The van der Waals surface area contributed by atoms with E-state index in [0.29, 0.717) is 29.3 Å². The first-order valence-electron chi connectivity index (χ1n) is 9.02. The van der Waals surface area contributed by atoms with Gasteiger partial charge < -0.3 is 0 Å². The maximum absolute atomic E-state index is 13.2. The van der Waals surface area contributed by atoms with Gasteiger partial charge in [0.2, 0.25) is 0 Å². The summed E-state index contributed by atoms with van der Waals surface area (Å²) < 4.78 is 91.7. The number of alkyl halides is 6. The summed E-state index contributed by atoms with van der Waals surface area (Å²) in [4.78, 5) is 24.9. The highest BCUT2D eigenvalue weighted by Gasteiger charge is 2.43. The van der Waals surface area contributed by atoms with Crippen molar-refractivity contribution >= 4 is 19.1 Å². The predicted molar refractivity (Wildman–Crippen MR) is 103 cm³/mol. The standard InChI is InChI=1S/C21H18F6O3P/c1-11-9-12(2)17(13(3)10-11)19(29)31(30)8-7-16(28)18-14(20(22,23)24)5-4-6-15(18)21(25,26)27/h4-6,9-10H,7-8H2,1-3H3/q+1. The topological polar surface area (TPSA) is 51.2 Å². The Morgan fingerprint density at radius 1 is 0.839 bits per heavy atom. The summed E-state index contributed by atoms with van der Waals surface area (Å²) in [7, 11) is -2.73. The fourth-order valence-electron chi connectivity index (χ4n) is 3.40. The van der Waals surface area contributed by atoms with Gasteiger partial charge in [-0.2, -0.15) is 26.3 Å². The second-order valence-electron chi connectivity index (χ2n) is 7.08. The smallest absolute Gasteiger partial charge is 0.294 e. The molecule has 0 amide bonds. The van der Waals surface area contributed by atoms with Crippen LogP contribution in [0.5, 0.6) is 0 Å². The molecule has 0 aromatic heterocycles. The molecule has 2 rings (SSSR count). The summed E-state index contributed by atoms with van der Waals surface area (Å²) in [5, 5.41) is 0. The van der Waals surface area contributed by atoms with E-state index < -0.39 is 60.7 Å². The minimum Gasteiger partial charge on any atom is -0.294 e. The number of halogens is 6. The van der Waals surface area contributed by atoms with Crippen molar-refractivity contribution in [2.75, 3.05) is 6.16 Å². The Labute approximate surface area is 175 Å². The van der Waals surface area contributed by atoms with Crippen LogP contribution in [-0.4, -0.2) is 17.5 Å². The van der Waals surface area contributed by atoms with Crippen LogP contribution < -0.4 is 0 Å². The first-order valence-corrected chi connectivity index (χ1v) is 10.5. The average Bonchev–Trinajstić information content (AvgIpc) is 2.62. The SMILES string of the molecule is Cc1cc(C)c(C(=O)[P+](=O)CCC(=O)c2c(C(F)(F)F)cccc2C(F)(F)F)c(C)c1. The van der Waals surface area contributed by atoms with Crippen LogP contribution in [-0.2, 0) is 16.9 Å². The third kappa shape index (κ3) is 5.58. The van der Waals surface area contributed by atoms with Crippen LogP contribution >= 0.6 is 7.80 Å². The van der Waals surface area contributed by atoms with Crippen molar-refractivity contribution in [2.45, 2.75) is 39.5 Å². The van der Waals surface area contributed by atoms with Crippen molar-refractivity contribution in [3.63, 3.8) is 0 Å². The van der Waals surface area contributed by atoms with Gasteiger partial charge >= 0.3 is 25.7 Å². The van der Waals surface area contributed by atoms with E-state index in [0.717, 1.165) is 5.56 Å². The van der Waals surface area contributed by atoms with Crippen LogP contribution in [0.3, 0.4) is 0 Å². The minimum atomic E-state index is -5.19. The van der Waals surface area contributed by atoms with Gasteiger partial charge in [0, 0.05) is 5.56 Å². The highest BCUT2D eigenvalue weighted by Crippen LogP contribution is 2.40. The maximum atomic E-state index is 13.2. The van der Waals surface area contributed by atoms with Crippen LogP contribution in [0.25, 0.3) is 0 Å². The molecule has 0 bridgehead atoms. The Morgan fingerprint density at radius 2 is 1.29 bits per heavy atom. The maximum Gasteiger partial charge on any atom is 0.420 e. The molecule has 166 valence electrons. The summed E-state index contributed by atoms with van der Waals surface area (Å²) in [5.41, 5.74) is -3.65. The van der Waals surface area contributed by atoms with Crippen LogP contribution in [0.2, 0.25) is 0 Å². The van der Waals surface area contributed by atoms with Crippen molar-refractivity contribution in [2.24, 2.45) is 0 Å². The van der Waals surface area contributed by atoms with Crippen LogP contribution in [0.4, 0.5) is 26.3 Å². The highest BCUT2D eigenvalue weighted by atomic mass is 31.1. The summed E-state index contributed by atoms with van der Waals surface area (Å²) in [6.45, 7) is 5.04. The molecule has 0 aliphatic rings. The zero-order valence-corrected chi connectivity index (χ0v) is 17.6. The zero-order chi connectivity index (χ0) is 23.7. The molecule has 1 unspecified atom stereocenters. The van der Waals surface area contributed by atoms with E-state index in [2.05, 4.69) is 0 Å². The molecule has 1 atom stereocenters. The molecule has 0 spiro atoms. The van der Waals surface area contributed by atoms with Crippen molar-refractivity contribution in [1.82, 2.24) is 0 Å². The third-order valence-corrected chi connectivity index (χ3v) is 5.92. The van der Waals surface area contributed by atoms with Gasteiger partial charge in [-0.1, -0.05) is 28.3 Å². The normalized spacial score (nSPS) is 12.6. The van der Waals surface area contributed by atoms with Crippen molar-refractivity contribution in [1.29, 1.82) is 0 Å². The van der Waals surface area contributed by atoms with Gasteiger partial charge in [0.25, 0.3) is 0 Å². The number of hydrogen-bond acceptors (Lipinski definition) is 3. The predicted octanol–water partition coefficient (Wildman–Crippen LogP) is 6.89. The van der Waals surface area contributed by atoms with E-state index in [1.807, 2.05) is 0 Å². The Kier molecular flexibility index (Phi) is 7.10.